The second kappa shape index (κ2) is 6.04. The quantitative estimate of drug-likeness (QED) is 0.650. The zero-order valence-corrected chi connectivity index (χ0v) is 11.4. The Morgan fingerprint density at radius 3 is 2.67 bits per heavy atom. The molecule has 0 amide bonds. The van der Waals surface area contributed by atoms with E-state index in [2.05, 4.69) is 5.32 Å². The van der Waals surface area contributed by atoms with Crippen molar-refractivity contribution in [2.24, 2.45) is 0 Å². The molecule has 0 radical (unpaired) electrons. The summed E-state index contributed by atoms with van der Waals surface area (Å²) in [6.07, 6.45) is 0. The number of rotatable bonds is 5. The molecular weight excluding hydrogens is 272 g/mol. The van der Waals surface area contributed by atoms with Crippen molar-refractivity contribution in [3.63, 3.8) is 0 Å². The first kappa shape index (κ1) is 14.5. The highest BCUT2D eigenvalue weighted by Crippen LogP contribution is 2.22. The van der Waals surface area contributed by atoms with Crippen molar-refractivity contribution < 1.29 is 14.8 Å². The number of benzene rings is 2. The van der Waals surface area contributed by atoms with E-state index >= 15 is 0 Å². The van der Waals surface area contributed by atoms with Crippen LogP contribution in [0.3, 0.4) is 0 Å². The Hall–Kier alpha value is -2.89. The number of nitro groups is 1. The predicted octanol–water partition coefficient (Wildman–Crippen LogP) is 3.21. The first-order valence-electron chi connectivity index (χ1n) is 6.29. The highest BCUT2D eigenvalue weighted by molar-refractivity contribution is 5.88. The second-order valence-corrected chi connectivity index (χ2v) is 4.56. The number of anilines is 1. The zero-order valence-electron chi connectivity index (χ0n) is 11.4. The molecule has 0 saturated carbocycles. The van der Waals surface area contributed by atoms with Gasteiger partial charge in [0.05, 0.1) is 10.5 Å². The van der Waals surface area contributed by atoms with Gasteiger partial charge in [-0.15, -0.1) is 0 Å². The third-order valence-corrected chi connectivity index (χ3v) is 3.21. The van der Waals surface area contributed by atoms with Crippen molar-refractivity contribution in [3.05, 3.63) is 69.3 Å². The van der Waals surface area contributed by atoms with Crippen LogP contribution >= 0.6 is 0 Å². The summed E-state index contributed by atoms with van der Waals surface area (Å²) in [5, 5.41) is 22.9. The maximum Gasteiger partial charge on any atom is 0.335 e. The Morgan fingerprint density at radius 1 is 1.29 bits per heavy atom. The van der Waals surface area contributed by atoms with Gasteiger partial charge >= 0.3 is 5.97 Å². The van der Waals surface area contributed by atoms with Crippen LogP contribution in [-0.2, 0) is 6.54 Å². The van der Waals surface area contributed by atoms with Crippen molar-refractivity contribution in [1.82, 2.24) is 0 Å². The molecule has 0 aliphatic rings. The minimum absolute atomic E-state index is 0.0774. The summed E-state index contributed by atoms with van der Waals surface area (Å²) in [7, 11) is 0. The molecule has 0 unspecified atom stereocenters. The Kier molecular flexibility index (Phi) is 4.18. The number of nitrogens with one attached hydrogen (secondary N) is 1. The van der Waals surface area contributed by atoms with Crippen LogP contribution < -0.4 is 5.32 Å². The van der Waals surface area contributed by atoms with Gasteiger partial charge in [-0.3, -0.25) is 10.1 Å². The maximum atomic E-state index is 10.9. The molecule has 108 valence electrons. The molecule has 6 heteroatoms. The lowest BCUT2D eigenvalue weighted by atomic mass is 10.1. The van der Waals surface area contributed by atoms with E-state index in [4.69, 9.17) is 5.11 Å². The summed E-state index contributed by atoms with van der Waals surface area (Å²) in [5.41, 5.74) is 2.32. The van der Waals surface area contributed by atoms with E-state index in [9.17, 15) is 14.9 Å². The van der Waals surface area contributed by atoms with Gasteiger partial charge in [0.2, 0.25) is 0 Å². The molecule has 0 aromatic heterocycles. The molecule has 0 aliphatic carbocycles. The fourth-order valence-corrected chi connectivity index (χ4v) is 2.02. The van der Waals surface area contributed by atoms with Gasteiger partial charge in [0.1, 0.15) is 0 Å². The number of carboxylic acid groups (broad SMARTS) is 1. The molecule has 0 atom stereocenters. The average Bonchev–Trinajstić information content (AvgIpc) is 2.46. The highest BCUT2D eigenvalue weighted by atomic mass is 16.6. The minimum atomic E-state index is -0.995. The predicted molar refractivity (Wildman–Crippen MR) is 78.6 cm³/mol. The van der Waals surface area contributed by atoms with Gasteiger partial charge in [0.25, 0.3) is 5.69 Å². The number of carboxylic acids is 1. The third kappa shape index (κ3) is 3.36. The zero-order chi connectivity index (χ0) is 15.4. The summed E-state index contributed by atoms with van der Waals surface area (Å²) >= 11 is 0. The number of aromatic carboxylic acids is 1. The van der Waals surface area contributed by atoms with E-state index in [0.29, 0.717) is 17.8 Å². The van der Waals surface area contributed by atoms with Gasteiger partial charge in [-0.25, -0.2) is 4.79 Å². The van der Waals surface area contributed by atoms with Gasteiger partial charge in [-0.2, -0.15) is 0 Å². The Bertz CT molecular complexity index is 698. The summed E-state index contributed by atoms with van der Waals surface area (Å²) in [6, 6.07) is 11.3. The van der Waals surface area contributed by atoms with Crippen molar-refractivity contribution in [1.29, 1.82) is 0 Å². The summed E-state index contributed by atoms with van der Waals surface area (Å²) in [4.78, 5) is 21.4. The largest absolute Gasteiger partial charge is 0.478 e. The normalized spacial score (nSPS) is 10.1. The van der Waals surface area contributed by atoms with Crippen LogP contribution in [0.2, 0.25) is 0 Å². The summed E-state index contributed by atoms with van der Waals surface area (Å²) in [6.45, 7) is 2.08. The SMILES string of the molecule is Cc1c(CNc2cccc(C(=O)O)c2)cccc1[N+](=O)[O-]. The van der Waals surface area contributed by atoms with Gasteiger partial charge in [-0.1, -0.05) is 18.2 Å². The average molecular weight is 286 g/mol. The maximum absolute atomic E-state index is 10.9. The first-order valence-corrected chi connectivity index (χ1v) is 6.29. The lowest BCUT2D eigenvalue weighted by Gasteiger charge is -2.09. The molecule has 0 saturated heterocycles. The highest BCUT2D eigenvalue weighted by Gasteiger charge is 2.12. The van der Waals surface area contributed by atoms with E-state index in [1.54, 1.807) is 31.2 Å². The number of hydrogen-bond donors (Lipinski definition) is 2. The number of carbonyl (C=O) groups is 1. The van der Waals surface area contributed by atoms with E-state index in [-0.39, 0.29) is 11.3 Å². The van der Waals surface area contributed by atoms with Gasteiger partial charge in [-0.05, 0) is 30.7 Å². The van der Waals surface area contributed by atoms with Crippen LogP contribution in [-0.4, -0.2) is 16.0 Å². The van der Waals surface area contributed by atoms with E-state index in [1.807, 2.05) is 0 Å². The van der Waals surface area contributed by atoms with Crippen LogP contribution in [0.1, 0.15) is 21.5 Å². The number of nitrogens with zero attached hydrogens (tertiary/aromatic N) is 1. The topological polar surface area (TPSA) is 92.5 Å². The molecule has 21 heavy (non-hydrogen) atoms. The van der Waals surface area contributed by atoms with Crippen molar-refractivity contribution in [2.75, 3.05) is 5.32 Å². The molecular formula is C15H14N2O4. The van der Waals surface area contributed by atoms with Crippen molar-refractivity contribution >= 4 is 17.3 Å². The molecule has 0 fully saturated rings. The number of nitro benzene ring substituents is 1. The molecule has 0 bridgehead atoms. The molecule has 0 heterocycles. The third-order valence-electron chi connectivity index (χ3n) is 3.21. The molecule has 2 aromatic rings. The molecule has 0 aliphatic heterocycles. The van der Waals surface area contributed by atoms with Gasteiger partial charge in [0.15, 0.2) is 0 Å². The Balaban J connectivity index is 2.17. The van der Waals surface area contributed by atoms with E-state index < -0.39 is 10.9 Å². The van der Waals surface area contributed by atoms with Crippen molar-refractivity contribution in [2.45, 2.75) is 13.5 Å². The fraction of sp³-hybridized carbons (Fsp3) is 0.133. The monoisotopic (exact) mass is 286 g/mol. The lowest BCUT2D eigenvalue weighted by Crippen LogP contribution is -2.04. The Morgan fingerprint density at radius 2 is 2.00 bits per heavy atom. The molecule has 2 N–H and O–H groups in total. The summed E-state index contributed by atoms with van der Waals surface area (Å²) < 4.78 is 0. The number of hydrogen-bond acceptors (Lipinski definition) is 4. The van der Waals surface area contributed by atoms with Crippen LogP contribution in [0, 0.1) is 17.0 Å². The smallest absolute Gasteiger partial charge is 0.335 e. The van der Waals surface area contributed by atoms with Crippen LogP contribution in [0.15, 0.2) is 42.5 Å². The molecule has 2 aromatic carbocycles. The van der Waals surface area contributed by atoms with Crippen LogP contribution in [0.5, 0.6) is 0 Å². The Labute approximate surface area is 121 Å². The van der Waals surface area contributed by atoms with E-state index in [0.717, 1.165) is 5.56 Å². The molecule has 0 spiro atoms. The van der Waals surface area contributed by atoms with Gasteiger partial charge in [0, 0.05) is 23.9 Å². The lowest BCUT2D eigenvalue weighted by molar-refractivity contribution is -0.385. The van der Waals surface area contributed by atoms with E-state index in [1.165, 1.54) is 18.2 Å². The molecule has 6 nitrogen and oxygen atoms in total. The summed E-state index contributed by atoms with van der Waals surface area (Å²) in [5.74, 6) is -0.995. The van der Waals surface area contributed by atoms with Gasteiger partial charge < -0.3 is 10.4 Å². The second-order valence-electron chi connectivity index (χ2n) is 4.56. The van der Waals surface area contributed by atoms with Crippen LogP contribution in [0.25, 0.3) is 0 Å². The standard InChI is InChI=1S/C15H14N2O4/c1-10-12(5-3-7-14(10)17(20)21)9-16-13-6-2-4-11(8-13)15(18)19/h2-8,16H,9H2,1H3,(H,18,19). The minimum Gasteiger partial charge on any atom is -0.478 e. The van der Waals surface area contributed by atoms with Crippen molar-refractivity contribution in [3.8, 4) is 0 Å². The molecule has 2 rings (SSSR count). The fourth-order valence-electron chi connectivity index (χ4n) is 2.02. The van der Waals surface area contributed by atoms with Crippen LogP contribution in [0.4, 0.5) is 11.4 Å². The first-order chi connectivity index (χ1) is 9.99.